The lowest BCUT2D eigenvalue weighted by Crippen LogP contribution is -3.00. The van der Waals surface area contributed by atoms with E-state index < -0.39 is 23.5 Å². The van der Waals surface area contributed by atoms with Crippen LogP contribution >= 0.6 is 0 Å². The van der Waals surface area contributed by atoms with Crippen molar-refractivity contribution >= 4 is 0 Å². The van der Waals surface area contributed by atoms with Crippen LogP contribution in [0.1, 0.15) is 11.1 Å². The Balaban J connectivity index is 0. The van der Waals surface area contributed by atoms with Crippen LogP contribution in [0.2, 0.25) is 0 Å². The summed E-state index contributed by atoms with van der Waals surface area (Å²) in [6, 6.07) is 4.15. The SMILES string of the molecule is NCC[n+]1ccc(C(F)(F)F)cc1.NCC[n+]1ccc(C(F)(F)F)cc1.[Br-].[Br-]. The van der Waals surface area contributed by atoms with Crippen molar-refractivity contribution in [2.24, 2.45) is 11.5 Å². The second kappa shape index (κ2) is 13.1. The minimum atomic E-state index is -4.26. The molecule has 2 rings (SSSR count). The van der Waals surface area contributed by atoms with Gasteiger partial charge in [-0.15, -0.1) is 0 Å². The van der Waals surface area contributed by atoms with Gasteiger partial charge in [-0.1, -0.05) is 0 Å². The highest BCUT2D eigenvalue weighted by atomic mass is 79.9. The summed E-state index contributed by atoms with van der Waals surface area (Å²) in [5.74, 6) is 0. The quantitative estimate of drug-likeness (QED) is 0.305. The molecule has 0 unspecified atom stereocenters. The van der Waals surface area contributed by atoms with E-state index in [2.05, 4.69) is 0 Å². The van der Waals surface area contributed by atoms with Crippen molar-refractivity contribution in [1.82, 2.24) is 0 Å². The number of pyridine rings is 2. The minimum absolute atomic E-state index is 0. The summed E-state index contributed by atoms with van der Waals surface area (Å²) in [6.45, 7) is 1.88. The summed E-state index contributed by atoms with van der Waals surface area (Å²) >= 11 is 0. The van der Waals surface area contributed by atoms with Crippen molar-refractivity contribution in [2.45, 2.75) is 25.4 Å². The van der Waals surface area contributed by atoms with E-state index >= 15 is 0 Å². The average Bonchev–Trinajstić information content (AvgIpc) is 2.55. The van der Waals surface area contributed by atoms with Gasteiger partial charge in [-0.2, -0.15) is 26.3 Å². The molecule has 0 bridgehead atoms. The maximum absolute atomic E-state index is 12.1. The van der Waals surface area contributed by atoms with Crippen LogP contribution in [-0.2, 0) is 25.4 Å². The number of hydrogen-bond donors (Lipinski definition) is 2. The third-order valence-corrected chi connectivity index (χ3v) is 3.21. The molecule has 2 heterocycles. The lowest BCUT2D eigenvalue weighted by atomic mass is 10.2. The van der Waals surface area contributed by atoms with E-state index in [0.717, 1.165) is 24.3 Å². The predicted molar refractivity (Wildman–Crippen MR) is 81.4 cm³/mol. The fourth-order valence-electron chi connectivity index (χ4n) is 1.89. The van der Waals surface area contributed by atoms with Gasteiger partial charge in [0.1, 0.15) is 0 Å². The van der Waals surface area contributed by atoms with Crippen LogP contribution in [0.4, 0.5) is 26.3 Å². The van der Waals surface area contributed by atoms with E-state index in [0.29, 0.717) is 26.2 Å². The van der Waals surface area contributed by atoms with Gasteiger partial charge in [0, 0.05) is 24.3 Å². The zero-order chi connectivity index (χ0) is 19.8. The van der Waals surface area contributed by atoms with Crippen LogP contribution in [0.3, 0.4) is 0 Å². The lowest BCUT2D eigenvalue weighted by Gasteiger charge is -2.04. The van der Waals surface area contributed by atoms with Crippen LogP contribution in [0.25, 0.3) is 0 Å². The number of aromatic nitrogens is 2. The Morgan fingerprint density at radius 3 is 1.04 bits per heavy atom. The maximum atomic E-state index is 12.1. The Hall–Kier alpha value is -1.24. The molecule has 28 heavy (non-hydrogen) atoms. The maximum Gasteiger partial charge on any atom is 0.416 e. The molecule has 12 heteroatoms. The van der Waals surface area contributed by atoms with E-state index in [-0.39, 0.29) is 34.0 Å². The highest BCUT2D eigenvalue weighted by Gasteiger charge is 2.31. The van der Waals surface area contributed by atoms with Gasteiger partial charge in [0.2, 0.25) is 0 Å². The Labute approximate surface area is 179 Å². The van der Waals surface area contributed by atoms with Crippen molar-refractivity contribution in [3.63, 3.8) is 0 Å². The van der Waals surface area contributed by atoms with Crippen molar-refractivity contribution in [3.05, 3.63) is 60.2 Å². The molecule has 0 aliphatic heterocycles. The second-order valence-corrected chi connectivity index (χ2v) is 5.22. The molecule has 0 aliphatic rings. The van der Waals surface area contributed by atoms with Gasteiger partial charge in [0.15, 0.2) is 37.9 Å². The number of rotatable bonds is 4. The molecule has 0 radical (unpaired) electrons. The third-order valence-electron chi connectivity index (χ3n) is 3.21. The first-order valence-electron chi connectivity index (χ1n) is 7.60. The molecule has 4 nitrogen and oxygen atoms in total. The molecule has 0 fully saturated rings. The van der Waals surface area contributed by atoms with Gasteiger partial charge in [0.05, 0.1) is 24.2 Å². The summed E-state index contributed by atoms with van der Waals surface area (Å²) in [5.41, 5.74) is 9.21. The van der Waals surface area contributed by atoms with Crippen LogP contribution in [0, 0.1) is 0 Å². The topological polar surface area (TPSA) is 59.8 Å². The Kier molecular flexibility index (Phi) is 13.5. The van der Waals surface area contributed by atoms with Crippen molar-refractivity contribution in [2.75, 3.05) is 13.1 Å². The molecule has 0 saturated heterocycles. The van der Waals surface area contributed by atoms with Crippen molar-refractivity contribution in [3.8, 4) is 0 Å². The second-order valence-electron chi connectivity index (χ2n) is 5.22. The van der Waals surface area contributed by atoms with Crippen LogP contribution < -0.4 is 54.6 Å². The molecule has 2 aromatic heterocycles. The minimum Gasteiger partial charge on any atom is -1.00 e. The van der Waals surface area contributed by atoms with Gasteiger partial charge in [-0.3, -0.25) is 0 Å². The Morgan fingerprint density at radius 2 is 0.857 bits per heavy atom. The van der Waals surface area contributed by atoms with Crippen LogP contribution in [0.15, 0.2) is 49.1 Å². The first-order valence-corrected chi connectivity index (χ1v) is 7.60. The number of nitrogens with two attached hydrogens (primary N) is 2. The molecule has 0 spiro atoms. The van der Waals surface area contributed by atoms with Crippen LogP contribution in [0.5, 0.6) is 0 Å². The van der Waals surface area contributed by atoms with E-state index in [1.165, 1.54) is 24.8 Å². The molecule has 0 aliphatic carbocycles. The summed E-state index contributed by atoms with van der Waals surface area (Å²) in [5, 5.41) is 0. The molecule has 160 valence electrons. The Morgan fingerprint density at radius 1 is 0.607 bits per heavy atom. The summed E-state index contributed by atoms with van der Waals surface area (Å²) in [7, 11) is 0. The molecule has 0 amide bonds. The number of halogens is 8. The molecular formula is C16H20Br2F6N4. The monoisotopic (exact) mass is 540 g/mol. The van der Waals surface area contributed by atoms with E-state index in [1.54, 1.807) is 9.13 Å². The molecular weight excluding hydrogens is 522 g/mol. The van der Waals surface area contributed by atoms with E-state index in [1.807, 2.05) is 0 Å². The third kappa shape index (κ3) is 10.3. The van der Waals surface area contributed by atoms with E-state index in [4.69, 9.17) is 11.5 Å². The van der Waals surface area contributed by atoms with Gasteiger partial charge in [-0.25, -0.2) is 9.13 Å². The zero-order valence-electron chi connectivity index (χ0n) is 14.5. The number of alkyl halides is 6. The average molecular weight is 542 g/mol. The normalized spacial score (nSPS) is 10.9. The van der Waals surface area contributed by atoms with Gasteiger partial charge in [-0.05, 0) is 0 Å². The Bertz CT molecular complexity index is 601. The van der Waals surface area contributed by atoms with Gasteiger partial charge in [0.25, 0.3) is 0 Å². The number of nitrogens with zero attached hydrogens (tertiary/aromatic N) is 2. The summed E-state index contributed by atoms with van der Waals surface area (Å²) < 4.78 is 75.6. The standard InChI is InChI=1S/2C8H10F3N2.2BrH/c2*9-8(10,11)7-1-4-13(5-2-7)6-3-12;;/h2*1-2,4-5H,3,6,12H2;2*1H/q2*+1;;/p-2. The van der Waals surface area contributed by atoms with Gasteiger partial charge < -0.3 is 45.4 Å². The van der Waals surface area contributed by atoms with Crippen LogP contribution in [-0.4, -0.2) is 13.1 Å². The first kappa shape index (κ1) is 29.0. The fourth-order valence-corrected chi connectivity index (χ4v) is 1.89. The van der Waals surface area contributed by atoms with E-state index in [9.17, 15) is 26.3 Å². The summed E-state index contributed by atoms with van der Waals surface area (Å²) in [6.07, 6.45) is -3.04. The van der Waals surface area contributed by atoms with Crippen molar-refractivity contribution in [1.29, 1.82) is 0 Å². The van der Waals surface area contributed by atoms with Crippen molar-refractivity contribution < 1.29 is 69.4 Å². The molecule has 0 saturated carbocycles. The predicted octanol–water partition coefficient (Wildman–Crippen LogP) is -4.09. The smallest absolute Gasteiger partial charge is 0.416 e. The molecule has 0 atom stereocenters. The number of hydrogen-bond acceptors (Lipinski definition) is 2. The molecule has 0 aromatic carbocycles. The highest BCUT2D eigenvalue weighted by molar-refractivity contribution is 5.11. The largest absolute Gasteiger partial charge is 1.00 e. The highest BCUT2D eigenvalue weighted by Crippen LogP contribution is 2.28. The lowest BCUT2D eigenvalue weighted by molar-refractivity contribution is -0.694. The van der Waals surface area contributed by atoms with Gasteiger partial charge >= 0.3 is 12.4 Å². The molecule has 4 N–H and O–H groups in total. The fraction of sp³-hybridized carbons (Fsp3) is 0.375. The molecule has 2 aromatic rings. The zero-order valence-corrected chi connectivity index (χ0v) is 17.7. The first-order chi connectivity index (χ1) is 12.1. The summed E-state index contributed by atoms with van der Waals surface area (Å²) in [4.78, 5) is 0.